The van der Waals surface area contributed by atoms with E-state index in [1.54, 1.807) is 11.3 Å². The summed E-state index contributed by atoms with van der Waals surface area (Å²) in [6, 6.07) is 4.28. The number of hydrogen-bond donors (Lipinski definition) is 1. The van der Waals surface area contributed by atoms with E-state index in [1.807, 2.05) is 0 Å². The summed E-state index contributed by atoms with van der Waals surface area (Å²) < 4.78 is 0. The van der Waals surface area contributed by atoms with Crippen molar-refractivity contribution in [2.24, 2.45) is 0 Å². The predicted molar refractivity (Wildman–Crippen MR) is 85.5 cm³/mol. The lowest BCUT2D eigenvalue weighted by Crippen LogP contribution is -2.06. The first-order valence-corrected chi connectivity index (χ1v) is 8.33. The Morgan fingerprint density at radius 3 is 2.75 bits per heavy atom. The molecule has 1 N–H and O–H groups in total. The summed E-state index contributed by atoms with van der Waals surface area (Å²) in [6.07, 6.45) is 5.20. The van der Waals surface area contributed by atoms with Gasteiger partial charge in [-0.25, -0.2) is 9.97 Å². The SMILES string of the molecule is CCNc1cc(C2CCCC2)nc(-c2sccc2C)n1. The van der Waals surface area contributed by atoms with Gasteiger partial charge in [0, 0.05) is 24.2 Å². The second-order valence-corrected chi connectivity index (χ2v) is 6.36. The summed E-state index contributed by atoms with van der Waals surface area (Å²) >= 11 is 1.73. The molecule has 1 saturated carbocycles. The fraction of sp³-hybridized carbons (Fsp3) is 0.500. The molecule has 106 valence electrons. The second-order valence-electron chi connectivity index (χ2n) is 5.45. The van der Waals surface area contributed by atoms with Gasteiger partial charge in [-0.2, -0.15) is 0 Å². The molecule has 0 aromatic carbocycles. The van der Waals surface area contributed by atoms with Crippen molar-refractivity contribution >= 4 is 17.2 Å². The van der Waals surface area contributed by atoms with Gasteiger partial charge >= 0.3 is 0 Å². The summed E-state index contributed by atoms with van der Waals surface area (Å²) in [5, 5.41) is 5.46. The van der Waals surface area contributed by atoms with E-state index in [0.29, 0.717) is 5.92 Å². The molecule has 1 aliphatic carbocycles. The molecule has 0 spiro atoms. The van der Waals surface area contributed by atoms with Gasteiger partial charge in [0.25, 0.3) is 0 Å². The predicted octanol–water partition coefficient (Wildman–Crippen LogP) is 4.60. The van der Waals surface area contributed by atoms with Crippen LogP contribution in [0.1, 0.15) is 49.8 Å². The topological polar surface area (TPSA) is 37.8 Å². The van der Waals surface area contributed by atoms with Gasteiger partial charge in [-0.05, 0) is 43.7 Å². The quantitative estimate of drug-likeness (QED) is 0.892. The number of anilines is 1. The Kier molecular flexibility index (Phi) is 4.01. The van der Waals surface area contributed by atoms with Gasteiger partial charge in [-0.1, -0.05) is 12.8 Å². The van der Waals surface area contributed by atoms with E-state index in [9.17, 15) is 0 Å². The largest absolute Gasteiger partial charge is 0.370 e. The lowest BCUT2D eigenvalue weighted by molar-refractivity contribution is 0.696. The highest BCUT2D eigenvalue weighted by Crippen LogP contribution is 2.35. The highest BCUT2D eigenvalue weighted by molar-refractivity contribution is 7.13. The van der Waals surface area contributed by atoms with Gasteiger partial charge in [0.1, 0.15) is 5.82 Å². The highest BCUT2D eigenvalue weighted by Gasteiger charge is 2.20. The van der Waals surface area contributed by atoms with Crippen LogP contribution in [0.5, 0.6) is 0 Å². The zero-order valence-corrected chi connectivity index (χ0v) is 13.0. The third kappa shape index (κ3) is 2.70. The Hall–Kier alpha value is -1.42. The maximum absolute atomic E-state index is 4.86. The van der Waals surface area contributed by atoms with Crippen LogP contribution < -0.4 is 5.32 Å². The van der Waals surface area contributed by atoms with Crippen molar-refractivity contribution in [1.82, 2.24) is 9.97 Å². The Bertz CT molecular complexity index is 585. The summed E-state index contributed by atoms with van der Waals surface area (Å²) in [7, 11) is 0. The Balaban J connectivity index is 2.02. The normalized spacial score (nSPS) is 15.7. The van der Waals surface area contributed by atoms with E-state index in [-0.39, 0.29) is 0 Å². The van der Waals surface area contributed by atoms with Crippen molar-refractivity contribution in [3.8, 4) is 10.7 Å². The zero-order valence-electron chi connectivity index (χ0n) is 12.1. The molecule has 0 amide bonds. The lowest BCUT2D eigenvalue weighted by atomic mass is 10.0. The zero-order chi connectivity index (χ0) is 13.9. The van der Waals surface area contributed by atoms with Gasteiger partial charge in [0.05, 0.1) is 4.88 Å². The van der Waals surface area contributed by atoms with Crippen molar-refractivity contribution in [1.29, 1.82) is 0 Å². The van der Waals surface area contributed by atoms with Crippen LogP contribution in [0.3, 0.4) is 0 Å². The highest BCUT2D eigenvalue weighted by atomic mass is 32.1. The minimum absolute atomic E-state index is 0.620. The monoisotopic (exact) mass is 287 g/mol. The molecule has 2 aromatic heterocycles. The Labute approximate surface area is 124 Å². The van der Waals surface area contributed by atoms with Crippen LogP contribution in [-0.2, 0) is 0 Å². The second kappa shape index (κ2) is 5.92. The van der Waals surface area contributed by atoms with Gasteiger partial charge in [0.2, 0.25) is 0 Å². The number of aromatic nitrogens is 2. The van der Waals surface area contributed by atoms with Gasteiger partial charge in [-0.3, -0.25) is 0 Å². The van der Waals surface area contributed by atoms with Crippen LogP contribution >= 0.6 is 11.3 Å². The summed E-state index contributed by atoms with van der Waals surface area (Å²) in [6.45, 7) is 5.13. The molecule has 2 aromatic rings. The van der Waals surface area contributed by atoms with E-state index >= 15 is 0 Å². The number of hydrogen-bond acceptors (Lipinski definition) is 4. The van der Waals surface area contributed by atoms with E-state index in [2.05, 4.69) is 41.7 Å². The first-order valence-electron chi connectivity index (χ1n) is 7.45. The van der Waals surface area contributed by atoms with E-state index in [4.69, 9.17) is 4.98 Å². The molecule has 0 atom stereocenters. The molecule has 2 heterocycles. The number of thiophene rings is 1. The minimum atomic E-state index is 0.620. The smallest absolute Gasteiger partial charge is 0.172 e. The van der Waals surface area contributed by atoms with Crippen LogP contribution in [0, 0.1) is 6.92 Å². The maximum atomic E-state index is 4.86. The first-order chi connectivity index (χ1) is 9.78. The fourth-order valence-corrected chi connectivity index (χ4v) is 3.73. The summed E-state index contributed by atoms with van der Waals surface area (Å²) in [5.41, 5.74) is 2.48. The van der Waals surface area contributed by atoms with E-state index in [1.165, 1.54) is 41.8 Å². The molecule has 0 bridgehead atoms. The van der Waals surface area contributed by atoms with Gasteiger partial charge in [-0.15, -0.1) is 11.3 Å². The van der Waals surface area contributed by atoms with E-state index in [0.717, 1.165) is 18.2 Å². The van der Waals surface area contributed by atoms with Crippen LogP contribution in [0.2, 0.25) is 0 Å². The molecule has 0 saturated heterocycles. The molecule has 3 nitrogen and oxygen atoms in total. The molecule has 0 aliphatic heterocycles. The third-order valence-corrected chi connectivity index (χ3v) is 4.95. The number of aryl methyl sites for hydroxylation is 1. The first kappa shape index (κ1) is 13.6. The van der Waals surface area contributed by atoms with Gasteiger partial charge < -0.3 is 5.32 Å². The summed E-state index contributed by atoms with van der Waals surface area (Å²) in [5.74, 6) is 2.47. The molecule has 1 aliphatic rings. The van der Waals surface area contributed by atoms with Crippen molar-refractivity contribution in [2.45, 2.75) is 45.4 Å². The Morgan fingerprint density at radius 2 is 2.10 bits per heavy atom. The average molecular weight is 287 g/mol. The molecular formula is C16H21N3S. The average Bonchev–Trinajstić information content (AvgIpc) is 3.09. The Morgan fingerprint density at radius 1 is 1.30 bits per heavy atom. The van der Waals surface area contributed by atoms with Crippen molar-refractivity contribution < 1.29 is 0 Å². The summed E-state index contributed by atoms with van der Waals surface area (Å²) in [4.78, 5) is 10.7. The fourth-order valence-electron chi connectivity index (χ4n) is 2.87. The van der Waals surface area contributed by atoms with Crippen LogP contribution in [0.25, 0.3) is 10.7 Å². The molecular weight excluding hydrogens is 266 g/mol. The standard InChI is InChI=1S/C16H21N3S/c1-3-17-14-10-13(12-6-4-5-7-12)18-16(19-14)15-11(2)8-9-20-15/h8-10,12H,3-7H2,1-2H3,(H,17,18,19). The van der Waals surface area contributed by atoms with Gasteiger partial charge in [0.15, 0.2) is 5.82 Å². The number of nitrogens with zero attached hydrogens (tertiary/aromatic N) is 2. The molecule has 0 radical (unpaired) electrons. The maximum Gasteiger partial charge on any atom is 0.172 e. The van der Waals surface area contributed by atoms with Crippen molar-refractivity contribution in [3.63, 3.8) is 0 Å². The lowest BCUT2D eigenvalue weighted by Gasteiger charge is -2.13. The van der Waals surface area contributed by atoms with Crippen LogP contribution in [-0.4, -0.2) is 16.5 Å². The van der Waals surface area contributed by atoms with Crippen molar-refractivity contribution in [3.05, 3.63) is 28.8 Å². The third-order valence-electron chi connectivity index (χ3n) is 3.94. The van der Waals surface area contributed by atoms with E-state index < -0.39 is 0 Å². The van der Waals surface area contributed by atoms with Crippen LogP contribution in [0.4, 0.5) is 5.82 Å². The van der Waals surface area contributed by atoms with Crippen LogP contribution in [0.15, 0.2) is 17.5 Å². The number of nitrogens with one attached hydrogen (secondary N) is 1. The van der Waals surface area contributed by atoms with Crippen molar-refractivity contribution in [2.75, 3.05) is 11.9 Å². The molecule has 0 unspecified atom stereocenters. The molecule has 20 heavy (non-hydrogen) atoms. The minimum Gasteiger partial charge on any atom is -0.370 e. The molecule has 1 fully saturated rings. The molecule has 4 heteroatoms. The molecule has 3 rings (SSSR count). The number of rotatable bonds is 4.